The molecule has 0 amide bonds. The maximum atomic E-state index is 5.79. The highest BCUT2D eigenvalue weighted by atomic mass is 28.3. The van der Waals surface area contributed by atoms with E-state index in [1.165, 1.54) is 38.5 Å². The molecule has 2 atom stereocenters. The third kappa shape index (κ3) is 6.89. The summed E-state index contributed by atoms with van der Waals surface area (Å²) in [6, 6.07) is 1.15. The monoisotopic (exact) mass is 256 g/mol. The highest BCUT2D eigenvalue weighted by Crippen LogP contribution is 2.30. The number of rotatable bonds is 10. The molecule has 2 nitrogen and oxygen atoms in total. The molecule has 3 heteroatoms. The van der Waals surface area contributed by atoms with Gasteiger partial charge in [-0.05, 0) is 30.8 Å². The van der Waals surface area contributed by atoms with Crippen LogP contribution in [0.15, 0.2) is 12.3 Å². The largest absolute Gasteiger partial charge is 0.529 e. The summed E-state index contributed by atoms with van der Waals surface area (Å²) in [5, 5.41) is 0. The van der Waals surface area contributed by atoms with E-state index in [-0.39, 0.29) is 0 Å². The van der Waals surface area contributed by atoms with E-state index in [9.17, 15) is 0 Å². The van der Waals surface area contributed by atoms with Crippen LogP contribution in [-0.2, 0) is 8.85 Å². The van der Waals surface area contributed by atoms with Crippen molar-refractivity contribution >= 4 is 9.28 Å². The quantitative estimate of drug-likeness (QED) is 0.434. The molecule has 100 valence electrons. The van der Waals surface area contributed by atoms with Gasteiger partial charge in [0.05, 0.1) is 6.26 Å². The second kappa shape index (κ2) is 8.76. The van der Waals surface area contributed by atoms with Crippen molar-refractivity contribution in [2.75, 3.05) is 7.11 Å². The topological polar surface area (TPSA) is 18.5 Å². The van der Waals surface area contributed by atoms with Crippen molar-refractivity contribution in [3.8, 4) is 0 Å². The second-order valence-electron chi connectivity index (χ2n) is 5.12. The van der Waals surface area contributed by atoms with Crippen LogP contribution in [-0.4, -0.2) is 16.4 Å². The third-order valence-corrected chi connectivity index (χ3v) is 5.57. The van der Waals surface area contributed by atoms with Gasteiger partial charge >= 0.3 is 9.28 Å². The lowest BCUT2D eigenvalue weighted by molar-refractivity contribution is 0.291. The zero-order valence-corrected chi connectivity index (χ0v) is 12.8. The summed E-state index contributed by atoms with van der Waals surface area (Å²) in [6.07, 6.45) is 12.0. The predicted octanol–water partition coefficient (Wildman–Crippen LogP) is 4.01. The van der Waals surface area contributed by atoms with Crippen LogP contribution in [0.2, 0.25) is 6.04 Å². The van der Waals surface area contributed by atoms with Gasteiger partial charge in [0.2, 0.25) is 0 Å². The fourth-order valence-electron chi connectivity index (χ4n) is 1.99. The van der Waals surface area contributed by atoms with E-state index in [2.05, 4.69) is 19.9 Å². The molecule has 17 heavy (non-hydrogen) atoms. The van der Waals surface area contributed by atoms with Crippen molar-refractivity contribution in [1.29, 1.82) is 0 Å². The van der Waals surface area contributed by atoms with Gasteiger partial charge in [0.1, 0.15) is 0 Å². The molecule has 0 aromatic carbocycles. The molecule has 0 aliphatic heterocycles. The molecule has 0 bridgehead atoms. The van der Waals surface area contributed by atoms with Gasteiger partial charge in [-0.25, -0.2) is 0 Å². The highest BCUT2D eigenvalue weighted by molar-refractivity contribution is 6.44. The molecule has 2 unspecified atom stereocenters. The molecule has 0 aromatic heterocycles. The normalized spacial score (nSPS) is 19.5. The maximum absolute atomic E-state index is 5.79. The molecule has 0 radical (unpaired) electrons. The van der Waals surface area contributed by atoms with Gasteiger partial charge in [-0.3, -0.25) is 0 Å². The maximum Gasteiger partial charge on any atom is 0.381 e. The van der Waals surface area contributed by atoms with Crippen molar-refractivity contribution in [2.24, 2.45) is 11.8 Å². The van der Waals surface area contributed by atoms with Gasteiger partial charge in [0.25, 0.3) is 0 Å². The molecule has 0 aromatic rings. The van der Waals surface area contributed by atoms with Crippen LogP contribution in [0.1, 0.15) is 52.4 Å². The Morgan fingerprint density at radius 1 is 1.35 bits per heavy atom. The zero-order chi connectivity index (χ0) is 12.5. The molecule has 1 aliphatic rings. The lowest BCUT2D eigenvalue weighted by Gasteiger charge is -2.19. The summed E-state index contributed by atoms with van der Waals surface area (Å²) < 4.78 is 11.3. The van der Waals surface area contributed by atoms with E-state index in [1.807, 2.05) is 6.26 Å². The summed E-state index contributed by atoms with van der Waals surface area (Å²) >= 11 is 0. The number of allylic oxidation sites excluding steroid dienone is 1. The fourth-order valence-corrected chi connectivity index (χ4v) is 3.79. The van der Waals surface area contributed by atoms with Crippen molar-refractivity contribution in [3.05, 3.63) is 12.3 Å². The standard InChI is InChI=1S/C14H28O2Si/c1-4-6-7-13(5-2)12-17(15-3)16-11-10-14-8-9-14/h10-11,13-14,17H,4-9,12H2,1-3H3. The minimum atomic E-state index is -1.45. The van der Waals surface area contributed by atoms with Gasteiger partial charge < -0.3 is 8.85 Å². The number of unbranched alkanes of at least 4 members (excludes halogenated alkanes) is 1. The molecular weight excluding hydrogens is 228 g/mol. The van der Waals surface area contributed by atoms with Crippen LogP contribution in [0.3, 0.4) is 0 Å². The first-order chi connectivity index (χ1) is 8.30. The number of hydrogen-bond donors (Lipinski definition) is 0. The molecule has 0 heterocycles. The highest BCUT2D eigenvalue weighted by Gasteiger charge is 2.20. The second-order valence-corrected chi connectivity index (χ2v) is 7.19. The van der Waals surface area contributed by atoms with Crippen LogP contribution in [0.25, 0.3) is 0 Å². The average Bonchev–Trinajstić information content (AvgIpc) is 3.16. The first kappa shape index (κ1) is 14.8. The van der Waals surface area contributed by atoms with Gasteiger partial charge in [-0.2, -0.15) is 0 Å². The Labute approximate surface area is 108 Å². The molecule has 1 rings (SSSR count). The Kier molecular flexibility index (Phi) is 7.61. The Morgan fingerprint density at radius 3 is 2.65 bits per heavy atom. The molecule has 1 fully saturated rings. The van der Waals surface area contributed by atoms with Crippen LogP contribution in [0, 0.1) is 11.8 Å². The average molecular weight is 256 g/mol. The number of hydrogen-bond acceptors (Lipinski definition) is 2. The summed E-state index contributed by atoms with van der Waals surface area (Å²) in [5.41, 5.74) is 0. The SMILES string of the molecule is CCCCC(CC)C[SiH](OC)OC=CC1CC1. The third-order valence-electron chi connectivity index (χ3n) is 3.54. The smallest absolute Gasteiger partial charge is 0.381 e. The lowest BCUT2D eigenvalue weighted by atomic mass is 10.0. The minimum Gasteiger partial charge on any atom is -0.529 e. The van der Waals surface area contributed by atoms with E-state index >= 15 is 0 Å². The van der Waals surface area contributed by atoms with E-state index < -0.39 is 9.28 Å². The van der Waals surface area contributed by atoms with Crippen molar-refractivity contribution in [3.63, 3.8) is 0 Å². The Hall–Kier alpha value is -0.283. The first-order valence-corrected chi connectivity index (χ1v) is 8.91. The van der Waals surface area contributed by atoms with Crippen molar-refractivity contribution in [1.82, 2.24) is 0 Å². The van der Waals surface area contributed by atoms with Gasteiger partial charge in [0, 0.05) is 13.2 Å². The molecule has 1 saturated carbocycles. The Morgan fingerprint density at radius 2 is 2.12 bits per heavy atom. The molecule has 1 aliphatic carbocycles. The van der Waals surface area contributed by atoms with E-state index in [1.54, 1.807) is 7.11 Å². The van der Waals surface area contributed by atoms with Crippen molar-refractivity contribution in [2.45, 2.75) is 58.4 Å². The van der Waals surface area contributed by atoms with Crippen LogP contribution in [0.4, 0.5) is 0 Å². The predicted molar refractivity (Wildman–Crippen MR) is 75.2 cm³/mol. The van der Waals surface area contributed by atoms with Crippen LogP contribution >= 0.6 is 0 Å². The molecule has 0 N–H and O–H groups in total. The summed E-state index contributed by atoms with van der Waals surface area (Å²) in [7, 11) is 0.351. The molecule has 0 saturated heterocycles. The fraction of sp³-hybridized carbons (Fsp3) is 0.857. The van der Waals surface area contributed by atoms with E-state index in [0.717, 1.165) is 17.9 Å². The Bertz CT molecular complexity index is 214. The summed E-state index contributed by atoms with van der Waals surface area (Å²) in [6.45, 7) is 4.54. The van der Waals surface area contributed by atoms with Crippen LogP contribution < -0.4 is 0 Å². The first-order valence-electron chi connectivity index (χ1n) is 7.15. The lowest BCUT2D eigenvalue weighted by Crippen LogP contribution is -2.22. The summed E-state index contributed by atoms with van der Waals surface area (Å²) in [4.78, 5) is 0. The molecular formula is C14H28O2Si. The summed E-state index contributed by atoms with van der Waals surface area (Å²) in [5.74, 6) is 1.59. The van der Waals surface area contributed by atoms with Crippen molar-refractivity contribution < 1.29 is 8.85 Å². The minimum absolute atomic E-state index is 0.792. The van der Waals surface area contributed by atoms with E-state index in [4.69, 9.17) is 8.85 Å². The zero-order valence-electron chi connectivity index (χ0n) is 11.7. The van der Waals surface area contributed by atoms with E-state index in [0.29, 0.717) is 0 Å². The van der Waals surface area contributed by atoms with Gasteiger partial charge in [0.15, 0.2) is 0 Å². The van der Waals surface area contributed by atoms with Gasteiger partial charge in [-0.15, -0.1) is 0 Å². The van der Waals surface area contributed by atoms with Crippen LogP contribution in [0.5, 0.6) is 0 Å². The van der Waals surface area contributed by atoms with Gasteiger partial charge in [-0.1, -0.05) is 39.5 Å². The molecule has 0 spiro atoms. The Balaban J connectivity index is 2.21.